The number of pyridine rings is 1. The van der Waals surface area contributed by atoms with Crippen molar-refractivity contribution in [3.63, 3.8) is 0 Å². The van der Waals surface area contributed by atoms with E-state index in [-0.39, 0.29) is 22.8 Å². The molecule has 1 aliphatic heterocycles. The zero-order chi connectivity index (χ0) is 17.3. The summed E-state index contributed by atoms with van der Waals surface area (Å²) in [6, 6.07) is 5.92. The summed E-state index contributed by atoms with van der Waals surface area (Å²) in [4.78, 5) is 38.8. The summed E-state index contributed by atoms with van der Waals surface area (Å²) in [5.41, 5.74) is 1.13. The SMILES string of the molecule is CCC1C(=O)Nc2cc(NC(=O)c3cccnc3)c([N+](=O)[O-])cc21. The maximum Gasteiger partial charge on any atom is 0.293 e. The van der Waals surface area contributed by atoms with E-state index in [2.05, 4.69) is 15.6 Å². The van der Waals surface area contributed by atoms with E-state index >= 15 is 0 Å². The second kappa shape index (κ2) is 6.07. The van der Waals surface area contributed by atoms with E-state index in [0.29, 0.717) is 17.7 Å². The highest BCUT2D eigenvalue weighted by molar-refractivity contribution is 6.08. The molecule has 3 rings (SSSR count). The highest BCUT2D eigenvalue weighted by atomic mass is 16.6. The first kappa shape index (κ1) is 15.6. The van der Waals surface area contributed by atoms with Gasteiger partial charge in [-0.25, -0.2) is 0 Å². The number of benzene rings is 1. The molecule has 8 nitrogen and oxygen atoms in total. The predicted octanol–water partition coefficient (Wildman–Crippen LogP) is 2.69. The molecule has 1 atom stereocenters. The molecule has 24 heavy (non-hydrogen) atoms. The molecule has 2 amide bonds. The lowest BCUT2D eigenvalue weighted by Gasteiger charge is -2.09. The predicted molar refractivity (Wildman–Crippen MR) is 86.9 cm³/mol. The first-order valence-corrected chi connectivity index (χ1v) is 7.35. The number of anilines is 2. The van der Waals surface area contributed by atoms with Crippen LogP contribution in [0.5, 0.6) is 0 Å². The van der Waals surface area contributed by atoms with E-state index in [9.17, 15) is 19.7 Å². The van der Waals surface area contributed by atoms with Gasteiger partial charge in [0.2, 0.25) is 5.91 Å². The van der Waals surface area contributed by atoms with Gasteiger partial charge in [0.15, 0.2) is 0 Å². The number of rotatable bonds is 4. The molecular weight excluding hydrogens is 312 g/mol. The summed E-state index contributed by atoms with van der Waals surface area (Å²) in [5, 5.41) is 16.6. The molecule has 1 unspecified atom stereocenters. The van der Waals surface area contributed by atoms with E-state index in [4.69, 9.17) is 0 Å². The normalized spacial score (nSPS) is 15.5. The van der Waals surface area contributed by atoms with Crippen molar-refractivity contribution in [3.05, 3.63) is 57.9 Å². The summed E-state index contributed by atoms with van der Waals surface area (Å²) in [5.74, 6) is -1.12. The number of nitro benzene ring substituents is 1. The number of carbonyl (C=O) groups excluding carboxylic acids is 2. The van der Waals surface area contributed by atoms with Crippen LogP contribution in [0.2, 0.25) is 0 Å². The van der Waals surface area contributed by atoms with Gasteiger partial charge in [0.05, 0.1) is 16.4 Å². The Morgan fingerprint density at radius 2 is 2.25 bits per heavy atom. The molecule has 1 aliphatic rings. The van der Waals surface area contributed by atoms with Gasteiger partial charge >= 0.3 is 0 Å². The number of hydrogen-bond donors (Lipinski definition) is 2. The highest BCUT2D eigenvalue weighted by Crippen LogP contribution is 2.40. The van der Waals surface area contributed by atoms with Gasteiger partial charge in [-0.2, -0.15) is 0 Å². The van der Waals surface area contributed by atoms with Crippen LogP contribution in [-0.4, -0.2) is 21.7 Å². The standard InChI is InChI=1S/C16H14N4O4/c1-2-10-11-6-14(20(23)24)13(7-12(11)18-16(10)22)19-15(21)9-4-3-5-17-8-9/h3-8,10H,2H2,1H3,(H,18,22)(H,19,21). The van der Waals surface area contributed by atoms with Crippen molar-refractivity contribution in [1.82, 2.24) is 4.98 Å². The Labute approximate surface area is 137 Å². The smallest absolute Gasteiger partial charge is 0.293 e. The molecule has 0 aliphatic carbocycles. The van der Waals surface area contributed by atoms with E-state index in [0.717, 1.165) is 0 Å². The van der Waals surface area contributed by atoms with Crippen molar-refractivity contribution in [2.75, 3.05) is 10.6 Å². The van der Waals surface area contributed by atoms with Gasteiger partial charge in [0.1, 0.15) is 5.69 Å². The minimum absolute atomic E-state index is 0.0321. The Morgan fingerprint density at radius 3 is 2.88 bits per heavy atom. The van der Waals surface area contributed by atoms with Gasteiger partial charge in [-0.05, 0) is 30.2 Å². The summed E-state index contributed by atoms with van der Waals surface area (Å²) in [7, 11) is 0. The Balaban J connectivity index is 1.99. The fraction of sp³-hybridized carbons (Fsp3) is 0.188. The number of nitrogens with one attached hydrogen (secondary N) is 2. The maximum atomic E-state index is 12.2. The molecule has 2 heterocycles. The summed E-state index contributed by atoms with van der Waals surface area (Å²) in [6.07, 6.45) is 3.43. The third-order valence-corrected chi connectivity index (χ3v) is 3.89. The van der Waals surface area contributed by atoms with Crippen LogP contribution < -0.4 is 10.6 Å². The number of nitro groups is 1. The van der Waals surface area contributed by atoms with E-state index in [1.807, 2.05) is 6.92 Å². The quantitative estimate of drug-likeness (QED) is 0.662. The third kappa shape index (κ3) is 2.69. The minimum Gasteiger partial charge on any atom is -0.325 e. The zero-order valence-corrected chi connectivity index (χ0v) is 12.8. The average Bonchev–Trinajstić information content (AvgIpc) is 2.88. The van der Waals surface area contributed by atoms with Crippen LogP contribution in [-0.2, 0) is 4.79 Å². The van der Waals surface area contributed by atoms with Crippen LogP contribution in [0.3, 0.4) is 0 Å². The van der Waals surface area contributed by atoms with Crippen LogP contribution in [0.1, 0.15) is 35.2 Å². The molecule has 0 saturated heterocycles. The molecule has 1 aromatic carbocycles. The Kier molecular flexibility index (Phi) is 3.95. The molecule has 0 saturated carbocycles. The van der Waals surface area contributed by atoms with Gasteiger partial charge in [-0.15, -0.1) is 0 Å². The number of fused-ring (bicyclic) bond motifs is 1. The van der Waals surface area contributed by atoms with Crippen LogP contribution in [0, 0.1) is 10.1 Å². The minimum atomic E-state index is -0.575. The van der Waals surface area contributed by atoms with Crippen molar-refractivity contribution in [1.29, 1.82) is 0 Å². The Hall–Kier alpha value is -3.29. The van der Waals surface area contributed by atoms with Crippen LogP contribution in [0.25, 0.3) is 0 Å². The van der Waals surface area contributed by atoms with Gasteiger partial charge in [-0.1, -0.05) is 6.92 Å². The highest BCUT2D eigenvalue weighted by Gasteiger charge is 2.32. The van der Waals surface area contributed by atoms with E-state index < -0.39 is 16.7 Å². The van der Waals surface area contributed by atoms with Gasteiger partial charge in [-0.3, -0.25) is 24.7 Å². The lowest BCUT2D eigenvalue weighted by Crippen LogP contribution is -2.13. The molecule has 1 aromatic heterocycles. The number of nitrogens with zero attached hydrogens (tertiary/aromatic N) is 2. The van der Waals surface area contributed by atoms with Crippen LogP contribution in [0.15, 0.2) is 36.7 Å². The fourth-order valence-electron chi connectivity index (χ4n) is 2.71. The number of aromatic nitrogens is 1. The van der Waals surface area contributed by atoms with E-state index in [1.165, 1.54) is 24.5 Å². The second-order valence-corrected chi connectivity index (χ2v) is 5.36. The monoisotopic (exact) mass is 326 g/mol. The molecule has 0 bridgehead atoms. The van der Waals surface area contributed by atoms with Crippen molar-refractivity contribution < 1.29 is 14.5 Å². The van der Waals surface area contributed by atoms with Gasteiger partial charge < -0.3 is 10.6 Å². The third-order valence-electron chi connectivity index (χ3n) is 3.89. The number of hydrogen-bond acceptors (Lipinski definition) is 5. The Morgan fingerprint density at radius 1 is 1.46 bits per heavy atom. The van der Waals surface area contributed by atoms with Gasteiger partial charge in [0.25, 0.3) is 11.6 Å². The zero-order valence-electron chi connectivity index (χ0n) is 12.8. The molecule has 2 N–H and O–H groups in total. The van der Waals surface area contributed by atoms with Crippen molar-refractivity contribution in [3.8, 4) is 0 Å². The number of amides is 2. The van der Waals surface area contributed by atoms with Gasteiger partial charge in [0, 0.05) is 24.1 Å². The largest absolute Gasteiger partial charge is 0.325 e. The molecule has 0 radical (unpaired) electrons. The van der Waals surface area contributed by atoms with Crippen molar-refractivity contribution in [2.45, 2.75) is 19.3 Å². The lowest BCUT2D eigenvalue weighted by atomic mass is 9.97. The molecule has 8 heteroatoms. The van der Waals surface area contributed by atoms with Crippen molar-refractivity contribution >= 4 is 28.9 Å². The van der Waals surface area contributed by atoms with Crippen LogP contribution >= 0.6 is 0 Å². The second-order valence-electron chi connectivity index (χ2n) is 5.36. The molecular formula is C16H14N4O4. The molecule has 122 valence electrons. The molecule has 0 spiro atoms. The van der Waals surface area contributed by atoms with E-state index in [1.54, 1.807) is 12.1 Å². The number of carbonyl (C=O) groups is 2. The van der Waals surface area contributed by atoms with Crippen molar-refractivity contribution in [2.24, 2.45) is 0 Å². The average molecular weight is 326 g/mol. The maximum absolute atomic E-state index is 12.2. The first-order valence-electron chi connectivity index (χ1n) is 7.35. The fourth-order valence-corrected chi connectivity index (χ4v) is 2.71. The lowest BCUT2D eigenvalue weighted by molar-refractivity contribution is -0.384. The van der Waals surface area contributed by atoms with Crippen LogP contribution in [0.4, 0.5) is 17.1 Å². The first-order chi connectivity index (χ1) is 11.5. The topological polar surface area (TPSA) is 114 Å². The summed E-state index contributed by atoms with van der Waals surface area (Å²) >= 11 is 0. The summed E-state index contributed by atoms with van der Waals surface area (Å²) in [6.45, 7) is 1.84. The Bertz CT molecular complexity index is 835. The molecule has 0 fully saturated rings. The summed E-state index contributed by atoms with van der Waals surface area (Å²) < 4.78 is 0. The molecule has 2 aromatic rings.